The summed E-state index contributed by atoms with van der Waals surface area (Å²) in [5.41, 5.74) is 2.67. The molecule has 20 heavy (non-hydrogen) atoms. The number of carboxylic acid groups (broad SMARTS) is 1. The Balaban J connectivity index is 2.40. The quantitative estimate of drug-likeness (QED) is 0.702. The van der Waals surface area contributed by atoms with Crippen LogP contribution < -0.4 is 0 Å². The van der Waals surface area contributed by atoms with Crippen LogP contribution in [-0.2, 0) is 11.2 Å². The van der Waals surface area contributed by atoms with Crippen molar-refractivity contribution in [3.63, 3.8) is 0 Å². The molecule has 0 spiro atoms. The number of carbonyl (C=O) groups is 1. The fraction of sp³-hybridized carbons (Fsp3) is 0.588. The molecule has 1 atom stereocenters. The van der Waals surface area contributed by atoms with Crippen LogP contribution in [0.5, 0.6) is 0 Å². The van der Waals surface area contributed by atoms with E-state index in [4.69, 9.17) is 5.11 Å². The maximum absolute atomic E-state index is 10.5. The first-order chi connectivity index (χ1) is 9.52. The second kappa shape index (κ2) is 8.75. The van der Waals surface area contributed by atoms with E-state index >= 15 is 0 Å². The highest BCUT2D eigenvalue weighted by Crippen LogP contribution is 2.13. The summed E-state index contributed by atoms with van der Waals surface area (Å²) in [6.07, 6.45) is 4.17. The fourth-order valence-electron chi connectivity index (χ4n) is 2.43. The molecule has 0 bridgehead atoms. The van der Waals surface area contributed by atoms with Gasteiger partial charge in [-0.25, -0.2) is 0 Å². The van der Waals surface area contributed by atoms with Crippen LogP contribution in [0.1, 0.15) is 43.7 Å². The van der Waals surface area contributed by atoms with Gasteiger partial charge in [-0.15, -0.1) is 0 Å². The number of rotatable bonds is 9. The van der Waals surface area contributed by atoms with E-state index in [1.807, 2.05) is 0 Å². The second-order valence-corrected chi connectivity index (χ2v) is 5.58. The van der Waals surface area contributed by atoms with Gasteiger partial charge in [-0.05, 0) is 51.8 Å². The molecular weight excluding hydrogens is 250 g/mol. The molecule has 112 valence electrons. The standard InChI is InChI=1S/C17H27NO2/c1-4-16(13-15-10-8-14(2)9-11-15)18(3)12-6-5-7-17(19)20/h8-11,16H,4-7,12-13H2,1-3H3,(H,19,20). The van der Waals surface area contributed by atoms with Crippen LogP contribution >= 0.6 is 0 Å². The van der Waals surface area contributed by atoms with Crippen molar-refractivity contribution in [2.45, 2.75) is 52.0 Å². The third-order valence-electron chi connectivity index (χ3n) is 3.84. The number of aryl methyl sites for hydroxylation is 1. The van der Waals surface area contributed by atoms with Gasteiger partial charge < -0.3 is 10.0 Å². The highest BCUT2D eigenvalue weighted by Gasteiger charge is 2.13. The Morgan fingerprint density at radius 3 is 2.45 bits per heavy atom. The van der Waals surface area contributed by atoms with E-state index in [1.165, 1.54) is 11.1 Å². The van der Waals surface area contributed by atoms with Crippen molar-refractivity contribution in [2.75, 3.05) is 13.6 Å². The van der Waals surface area contributed by atoms with Crippen molar-refractivity contribution in [1.29, 1.82) is 0 Å². The number of nitrogens with zero attached hydrogens (tertiary/aromatic N) is 1. The molecular formula is C17H27NO2. The lowest BCUT2D eigenvalue weighted by Crippen LogP contribution is -2.33. The van der Waals surface area contributed by atoms with E-state index in [9.17, 15) is 4.79 Å². The molecule has 1 unspecified atom stereocenters. The van der Waals surface area contributed by atoms with Crippen LogP contribution in [0, 0.1) is 6.92 Å². The predicted molar refractivity (Wildman–Crippen MR) is 83.1 cm³/mol. The number of hydrogen-bond donors (Lipinski definition) is 1. The molecule has 0 aliphatic heterocycles. The Hall–Kier alpha value is -1.35. The second-order valence-electron chi connectivity index (χ2n) is 5.58. The highest BCUT2D eigenvalue weighted by atomic mass is 16.4. The van der Waals surface area contributed by atoms with E-state index in [0.717, 1.165) is 32.2 Å². The van der Waals surface area contributed by atoms with Crippen molar-refractivity contribution in [3.8, 4) is 0 Å². The molecule has 1 N–H and O–H groups in total. The summed E-state index contributed by atoms with van der Waals surface area (Å²) in [5, 5.41) is 8.64. The smallest absolute Gasteiger partial charge is 0.303 e. The molecule has 0 amide bonds. The minimum absolute atomic E-state index is 0.280. The minimum Gasteiger partial charge on any atom is -0.481 e. The molecule has 3 nitrogen and oxygen atoms in total. The summed E-state index contributed by atoms with van der Waals surface area (Å²) in [6, 6.07) is 9.26. The molecule has 1 aromatic rings. The van der Waals surface area contributed by atoms with Crippen LogP contribution in [0.3, 0.4) is 0 Å². The van der Waals surface area contributed by atoms with Crippen molar-refractivity contribution in [3.05, 3.63) is 35.4 Å². The lowest BCUT2D eigenvalue weighted by Gasteiger charge is -2.27. The minimum atomic E-state index is -0.695. The molecule has 0 saturated heterocycles. The van der Waals surface area contributed by atoms with Gasteiger partial charge in [0.25, 0.3) is 0 Å². The van der Waals surface area contributed by atoms with Crippen LogP contribution in [0.25, 0.3) is 0 Å². The molecule has 0 aliphatic rings. The summed E-state index contributed by atoms with van der Waals surface area (Å²) in [7, 11) is 2.14. The zero-order valence-corrected chi connectivity index (χ0v) is 12.9. The van der Waals surface area contributed by atoms with Crippen molar-refractivity contribution < 1.29 is 9.90 Å². The topological polar surface area (TPSA) is 40.5 Å². The van der Waals surface area contributed by atoms with Crippen LogP contribution in [0.15, 0.2) is 24.3 Å². The van der Waals surface area contributed by atoms with Crippen molar-refractivity contribution in [2.24, 2.45) is 0 Å². The Bertz CT molecular complexity index is 400. The van der Waals surface area contributed by atoms with Gasteiger partial charge in [-0.2, -0.15) is 0 Å². The first-order valence-electron chi connectivity index (χ1n) is 7.50. The Labute approximate surface area is 122 Å². The van der Waals surface area contributed by atoms with Gasteiger partial charge in [-0.3, -0.25) is 4.79 Å². The SMILES string of the molecule is CCC(Cc1ccc(C)cc1)N(C)CCCCC(=O)O. The normalized spacial score (nSPS) is 12.6. The predicted octanol–water partition coefficient (Wildman–Crippen LogP) is 3.50. The summed E-state index contributed by atoms with van der Waals surface area (Å²) in [4.78, 5) is 12.9. The molecule has 1 aromatic carbocycles. The number of carboxylic acids is 1. The van der Waals surface area contributed by atoms with Gasteiger partial charge in [0.2, 0.25) is 0 Å². The van der Waals surface area contributed by atoms with Crippen LogP contribution in [0.2, 0.25) is 0 Å². The largest absolute Gasteiger partial charge is 0.481 e. The number of aliphatic carboxylic acids is 1. The van der Waals surface area contributed by atoms with Gasteiger partial charge in [0, 0.05) is 12.5 Å². The summed E-state index contributed by atoms with van der Waals surface area (Å²) in [5.74, 6) is -0.695. The van der Waals surface area contributed by atoms with Gasteiger partial charge in [-0.1, -0.05) is 36.8 Å². The summed E-state index contributed by atoms with van der Waals surface area (Å²) in [6.45, 7) is 5.29. The van der Waals surface area contributed by atoms with E-state index < -0.39 is 5.97 Å². The Kier molecular flexibility index (Phi) is 7.31. The Morgan fingerprint density at radius 2 is 1.90 bits per heavy atom. The Morgan fingerprint density at radius 1 is 1.25 bits per heavy atom. The maximum Gasteiger partial charge on any atom is 0.303 e. The van der Waals surface area contributed by atoms with Crippen LogP contribution in [0.4, 0.5) is 0 Å². The lowest BCUT2D eigenvalue weighted by molar-refractivity contribution is -0.137. The van der Waals surface area contributed by atoms with E-state index in [2.05, 4.69) is 50.1 Å². The first kappa shape index (κ1) is 16.7. The molecule has 0 radical (unpaired) electrons. The number of hydrogen-bond acceptors (Lipinski definition) is 2. The average Bonchev–Trinajstić information content (AvgIpc) is 2.42. The van der Waals surface area contributed by atoms with Crippen molar-refractivity contribution >= 4 is 5.97 Å². The van der Waals surface area contributed by atoms with Gasteiger partial charge in [0.05, 0.1) is 0 Å². The molecule has 0 saturated carbocycles. The zero-order chi connectivity index (χ0) is 15.0. The van der Waals surface area contributed by atoms with E-state index in [0.29, 0.717) is 6.04 Å². The van der Waals surface area contributed by atoms with Crippen molar-refractivity contribution in [1.82, 2.24) is 4.90 Å². The van der Waals surface area contributed by atoms with Crippen LogP contribution in [-0.4, -0.2) is 35.6 Å². The van der Waals surface area contributed by atoms with E-state index in [1.54, 1.807) is 0 Å². The number of benzene rings is 1. The molecule has 1 rings (SSSR count). The van der Waals surface area contributed by atoms with Gasteiger partial charge >= 0.3 is 5.97 Å². The molecule has 0 aliphatic carbocycles. The molecule has 0 heterocycles. The monoisotopic (exact) mass is 277 g/mol. The maximum atomic E-state index is 10.5. The van der Waals surface area contributed by atoms with Gasteiger partial charge in [0.15, 0.2) is 0 Å². The third-order valence-corrected chi connectivity index (χ3v) is 3.84. The average molecular weight is 277 g/mol. The van der Waals surface area contributed by atoms with E-state index in [-0.39, 0.29) is 6.42 Å². The zero-order valence-electron chi connectivity index (χ0n) is 12.9. The fourth-order valence-corrected chi connectivity index (χ4v) is 2.43. The van der Waals surface area contributed by atoms with Gasteiger partial charge in [0.1, 0.15) is 0 Å². The molecule has 0 aromatic heterocycles. The first-order valence-corrected chi connectivity index (χ1v) is 7.50. The molecule has 0 fully saturated rings. The third kappa shape index (κ3) is 6.20. The summed E-state index contributed by atoms with van der Waals surface area (Å²) < 4.78 is 0. The lowest BCUT2D eigenvalue weighted by atomic mass is 10.0. The molecule has 3 heteroatoms. The number of unbranched alkanes of at least 4 members (excludes halogenated alkanes) is 1. The number of likely N-dealkylation sites (N-methyl/N-ethyl adjacent to an activating group) is 1. The highest BCUT2D eigenvalue weighted by molar-refractivity contribution is 5.66. The summed E-state index contributed by atoms with van der Waals surface area (Å²) >= 11 is 0.